The van der Waals surface area contributed by atoms with Crippen LogP contribution in [0.1, 0.15) is 5.56 Å². The molecule has 72 valence electrons. The highest BCUT2D eigenvalue weighted by Crippen LogP contribution is 2.21. The summed E-state index contributed by atoms with van der Waals surface area (Å²) in [6.07, 6.45) is 1.66. The molecule has 2 aromatic rings. The number of aromatic nitrogens is 1. The van der Waals surface area contributed by atoms with Crippen molar-refractivity contribution < 1.29 is 8.76 Å². The van der Waals surface area contributed by atoms with Crippen LogP contribution in [0.25, 0.3) is 10.9 Å². The standard InChI is InChI=1S/C10H9NO2S/c1-7-4-5-9(14(12)13)8-3-2-6-11-10(7)8/h2-6H,1H3,(H,12,13)/p-1. The summed E-state index contributed by atoms with van der Waals surface area (Å²) in [7, 11) is 0. The van der Waals surface area contributed by atoms with Crippen LogP contribution in [-0.4, -0.2) is 13.7 Å². The molecule has 1 aromatic carbocycles. The van der Waals surface area contributed by atoms with Gasteiger partial charge < -0.3 is 4.55 Å². The number of hydrogen-bond acceptors (Lipinski definition) is 3. The van der Waals surface area contributed by atoms with Crippen molar-refractivity contribution in [2.75, 3.05) is 0 Å². The number of rotatable bonds is 1. The third kappa shape index (κ3) is 1.42. The number of pyridine rings is 1. The highest BCUT2D eigenvalue weighted by atomic mass is 32.2. The minimum atomic E-state index is -2.20. The monoisotopic (exact) mass is 206 g/mol. The Bertz CT molecular complexity index is 510. The van der Waals surface area contributed by atoms with E-state index in [1.165, 1.54) is 0 Å². The van der Waals surface area contributed by atoms with E-state index in [1.54, 1.807) is 30.5 Å². The molecule has 1 heterocycles. The van der Waals surface area contributed by atoms with Gasteiger partial charge in [-0.1, -0.05) is 12.1 Å². The highest BCUT2D eigenvalue weighted by molar-refractivity contribution is 7.79. The molecule has 0 bridgehead atoms. The highest BCUT2D eigenvalue weighted by Gasteiger charge is 2.03. The van der Waals surface area contributed by atoms with E-state index in [9.17, 15) is 8.76 Å². The second-order valence-electron chi connectivity index (χ2n) is 3.01. The molecule has 0 aliphatic carbocycles. The SMILES string of the molecule is Cc1ccc(S(=O)[O-])c2cccnc12. The fourth-order valence-corrected chi connectivity index (χ4v) is 1.96. The maximum absolute atomic E-state index is 10.9. The van der Waals surface area contributed by atoms with Crippen molar-refractivity contribution in [3.8, 4) is 0 Å². The van der Waals surface area contributed by atoms with Crippen LogP contribution in [0.2, 0.25) is 0 Å². The fourth-order valence-electron chi connectivity index (χ4n) is 1.43. The van der Waals surface area contributed by atoms with Crippen molar-refractivity contribution in [3.05, 3.63) is 36.0 Å². The van der Waals surface area contributed by atoms with Crippen molar-refractivity contribution in [2.45, 2.75) is 11.8 Å². The van der Waals surface area contributed by atoms with Crippen LogP contribution in [0, 0.1) is 6.92 Å². The van der Waals surface area contributed by atoms with Gasteiger partial charge in [0.15, 0.2) is 0 Å². The van der Waals surface area contributed by atoms with Gasteiger partial charge in [0.05, 0.1) is 5.52 Å². The third-order valence-corrected chi connectivity index (χ3v) is 2.83. The summed E-state index contributed by atoms with van der Waals surface area (Å²) in [5.74, 6) is 0. The van der Waals surface area contributed by atoms with E-state index in [1.807, 2.05) is 6.92 Å². The summed E-state index contributed by atoms with van der Waals surface area (Å²) >= 11 is -2.20. The van der Waals surface area contributed by atoms with Crippen LogP contribution >= 0.6 is 0 Å². The lowest BCUT2D eigenvalue weighted by Gasteiger charge is -2.09. The van der Waals surface area contributed by atoms with Crippen molar-refractivity contribution in [1.29, 1.82) is 0 Å². The van der Waals surface area contributed by atoms with E-state index < -0.39 is 11.1 Å². The molecular weight excluding hydrogens is 198 g/mol. The summed E-state index contributed by atoms with van der Waals surface area (Å²) < 4.78 is 21.8. The maximum Gasteiger partial charge on any atom is 0.0742 e. The number of hydrogen-bond donors (Lipinski definition) is 0. The molecule has 0 spiro atoms. The Morgan fingerprint density at radius 1 is 1.36 bits per heavy atom. The molecule has 3 nitrogen and oxygen atoms in total. The molecule has 0 amide bonds. The molecule has 0 saturated heterocycles. The van der Waals surface area contributed by atoms with Crippen LogP contribution in [0.15, 0.2) is 35.4 Å². The zero-order valence-corrected chi connectivity index (χ0v) is 8.38. The number of benzene rings is 1. The first-order valence-corrected chi connectivity index (χ1v) is 5.21. The fraction of sp³-hybridized carbons (Fsp3) is 0.100. The number of aryl methyl sites for hydroxylation is 1. The Morgan fingerprint density at radius 2 is 2.14 bits per heavy atom. The van der Waals surface area contributed by atoms with E-state index in [2.05, 4.69) is 4.98 Å². The molecule has 1 unspecified atom stereocenters. The summed E-state index contributed by atoms with van der Waals surface area (Å²) in [6, 6.07) is 6.86. The van der Waals surface area contributed by atoms with Gasteiger partial charge in [-0.05, 0) is 35.7 Å². The Hall–Kier alpha value is -1.26. The normalized spacial score (nSPS) is 13.0. The van der Waals surface area contributed by atoms with E-state index in [-0.39, 0.29) is 0 Å². The van der Waals surface area contributed by atoms with Crippen molar-refractivity contribution in [2.24, 2.45) is 0 Å². The summed E-state index contributed by atoms with van der Waals surface area (Å²) in [5.41, 5.74) is 1.73. The lowest BCUT2D eigenvalue weighted by molar-refractivity contribution is 0.538. The third-order valence-electron chi connectivity index (χ3n) is 2.11. The second kappa shape index (κ2) is 3.48. The molecule has 1 aromatic heterocycles. The molecule has 0 fully saturated rings. The van der Waals surface area contributed by atoms with Gasteiger partial charge in [0.25, 0.3) is 0 Å². The molecule has 1 atom stereocenters. The van der Waals surface area contributed by atoms with E-state index in [4.69, 9.17) is 0 Å². The number of fused-ring (bicyclic) bond motifs is 1. The predicted octanol–water partition coefficient (Wildman–Crippen LogP) is 1.78. The van der Waals surface area contributed by atoms with Gasteiger partial charge in [0.2, 0.25) is 0 Å². The Kier molecular flexibility index (Phi) is 2.31. The quantitative estimate of drug-likeness (QED) is 0.668. The van der Waals surface area contributed by atoms with Crippen LogP contribution in [0.5, 0.6) is 0 Å². The first-order chi connectivity index (χ1) is 6.70. The van der Waals surface area contributed by atoms with Gasteiger partial charge in [0.1, 0.15) is 0 Å². The minimum absolute atomic E-state index is 0.304. The van der Waals surface area contributed by atoms with Crippen LogP contribution in [-0.2, 0) is 11.1 Å². The molecule has 0 N–H and O–H groups in total. The molecule has 2 rings (SSSR count). The minimum Gasteiger partial charge on any atom is -0.768 e. The Morgan fingerprint density at radius 3 is 2.86 bits per heavy atom. The summed E-state index contributed by atoms with van der Waals surface area (Å²) in [4.78, 5) is 4.45. The molecule has 14 heavy (non-hydrogen) atoms. The molecule has 0 radical (unpaired) electrons. The van der Waals surface area contributed by atoms with Gasteiger partial charge in [-0.3, -0.25) is 9.19 Å². The van der Waals surface area contributed by atoms with Gasteiger partial charge in [-0.25, -0.2) is 0 Å². The first kappa shape index (κ1) is 9.30. The molecule has 0 aliphatic rings. The average molecular weight is 206 g/mol. The summed E-state index contributed by atoms with van der Waals surface area (Å²) in [6.45, 7) is 1.91. The largest absolute Gasteiger partial charge is 0.768 e. The van der Waals surface area contributed by atoms with Gasteiger partial charge in [0, 0.05) is 16.5 Å². The van der Waals surface area contributed by atoms with Crippen LogP contribution in [0.4, 0.5) is 0 Å². The van der Waals surface area contributed by atoms with E-state index in [0.717, 1.165) is 11.1 Å². The maximum atomic E-state index is 10.9. The average Bonchev–Trinajstić information content (AvgIpc) is 2.18. The van der Waals surface area contributed by atoms with Crippen molar-refractivity contribution >= 4 is 22.0 Å². The smallest absolute Gasteiger partial charge is 0.0742 e. The molecule has 0 aliphatic heterocycles. The zero-order valence-electron chi connectivity index (χ0n) is 7.56. The second-order valence-corrected chi connectivity index (χ2v) is 3.92. The van der Waals surface area contributed by atoms with Crippen molar-refractivity contribution in [1.82, 2.24) is 4.98 Å². The molecule has 4 heteroatoms. The lowest BCUT2D eigenvalue weighted by atomic mass is 10.1. The number of nitrogens with zero attached hydrogens (tertiary/aromatic N) is 1. The van der Waals surface area contributed by atoms with Crippen LogP contribution < -0.4 is 0 Å². The van der Waals surface area contributed by atoms with E-state index in [0.29, 0.717) is 10.3 Å². The first-order valence-electron chi connectivity index (χ1n) is 4.14. The topological polar surface area (TPSA) is 53.0 Å². The van der Waals surface area contributed by atoms with Gasteiger partial charge in [-0.15, -0.1) is 0 Å². The van der Waals surface area contributed by atoms with E-state index >= 15 is 0 Å². The summed E-state index contributed by atoms with van der Waals surface area (Å²) in [5, 5.41) is 0.681. The Labute approximate surface area is 84.1 Å². The molecule has 0 saturated carbocycles. The van der Waals surface area contributed by atoms with Gasteiger partial charge >= 0.3 is 0 Å². The zero-order chi connectivity index (χ0) is 10.1. The van der Waals surface area contributed by atoms with Gasteiger partial charge in [-0.2, -0.15) is 0 Å². The Balaban J connectivity index is 2.88. The molecular formula is C10H8NO2S-. The lowest BCUT2D eigenvalue weighted by Crippen LogP contribution is -1.93. The van der Waals surface area contributed by atoms with Crippen LogP contribution in [0.3, 0.4) is 0 Å². The van der Waals surface area contributed by atoms with Crippen molar-refractivity contribution in [3.63, 3.8) is 0 Å². The predicted molar refractivity (Wildman–Crippen MR) is 53.7 cm³/mol.